The van der Waals surface area contributed by atoms with E-state index in [9.17, 15) is 4.79 Å². The van der Waals surface area contributed by atoms with Gasteiger partial charge < -0.3 is 9.64 Å². The van der Waals surface area contributed by atoms with Crippen molar-refractivity contribution < 1.29 is 9.53 Å². The molecular formula is C15H29N3O2. The molecule has 2 aliphatic heterocycles. The number of piperazine rings is 1. The Labute approximate surface area is 122 Å². The minimum absolute atomic E-state index is 0.0279. The molecule has 2 saturated heterocycles. The minimum Gasteiger partial charge on any atom is -0.383 e. The van der Waals surface area contributed by atoms with E-state index in [4.69, 9.17) is 4.74 Å². The van der Waals surface area contributed by atoms with Crippen LogP contribution in [0, 0.1) is 0 Å². The third kappa shape index (κ3) is 3.71. The van der Waals surface area contributed by atoms with E-state index in [-0.39, 0.29) is 6.04 Å². The van der Waals surface area contributed by atoms with Gasteiger partial charge in [-0.15, -0.1) is 0 Å². The molecule has 0 radical (unpaired) electrons. The molecule has 0 aliphatic carbocycles. The molecule has 0 N–H and O–H groups in total. The van der Waals surface area contributed by atoms with Crippen molar-refractivity contribution >= 4 is 5.91 Å². The number of likely N-dealkylation sites (tertiary alicyclic amines) is 1. The Kier molecular flexibility index (Phi) is 5.81. The highest BCUT2D eigenvalue weighted by atomic mass is 16.5. The Morgan fingerprint density at radius 2 is 1.95 bits per heavy atom. The van der Waals surface area contributed by atoms with Gasteiger partial charge in [-0.25, -0.2) is 0 Å². The van der Waals surface area contributed by atoms with Crippen LogP contribution >= 0.6 is 0 Å². The summed E-state index contributed by atoms with van der Waals surface area (Å²) in [6.07, 6.45) is 2.33. The van der Waals surface area contributed by atoms with Gasteiger partial charge in [0.15, 0.2) is 0 Å². The van der Waals surface area contributed by atoms with Crippen molar-refractivity contribution in [3.05, 3.63) is 0 Å². The monoisotopic (exact) mass is 283 g/mol. The van der Waals surface area contributed by atoms with Crippen LogP contribution in [0.4, 0.5) is 0 Å². The Hall–Kier alpha value is -0.650. The van der Waals surface area contributed by atoms with Gasteiger partial charge in [-0.05, 0) is 26.7 Å². The summed E-state index contributed by atoms with van der Waals surface area (Å²) in [5.41, 5.74) is 0. The van der Waals surface area contributed by atoms with Crippen LogP contribution in [0.2, 0.25) is 0 Å². The van der Waals surface area contributed by atoms with Gasteiger partial charge in [0.2, 0.25) is 5.91 Å². The lowest BCUT2D eigenvalue weighted by atomic mass is 10.1. The van der Waals surface area contributed by atoms with Gasteiger partial charge >= 0.3 is 0 Å². The smallest absolute Gasteiger partial charge is 0.239 e. The van der Waals surface area contributed by atoms with Gasteiger partial charge in [0.05, 0.1) is 12.6 Å². The SMILES string of the molecule is COCCN1CCN([C@H](C)C(=O)N2CCCC2)C[C@H]1C. The Bertz CT molecular complexity index is 318. The van der Waals surface area contributed by atoms with Crippen LogP contribution in [0.3, 0.4) is 0 Å². The summed E-state index contributed by atoms with van der Waals surface area (Å²) in [5, 5.41) is 0. The van der Waals surface area contributed by atoms with Gasteiger partial charge in [0, 0.05) is 52.4 Å². The maximum atomic E-state index is 12.5. The summed E-state index contributed by atoms with van der Waals surface area (Å²) in [4.78, 5) is 19.3. The number of nitrogens with zero attached hydrogens (tertiary/aromatic N) is 3. The summed E-state index contributed by atoms with van der Waals surface area (Å²) >= 11 is 0. The van der Waals surface area contributed by atoms with E-state index in [0.717, 1.165) is 45.9 Å². The Morgan fingerprint density at radius 3 is 2.55 bits per heavy atom. The predicted molar refractivity (Wildman–Crippen MR) is 79.8 cm³/mol. The predicted octanol–water partition coefficient (Wildman–Crippen LogP) is 0.650. The average molecular weight is 283 g/mol. The van der Waals surface area contributed by atoms with Crippen LogP contribution in [-0.4, -0.2) is 85.7 Å². The summed E-state index contributed by atoms with van der Waals surface area (Å²) in [5.74, 6) is 0.319. The second-order valence-electron chi connectivity index (χ2n) is 6.08. The van der Waals surface area contributed by atoms with Gasteiger partial charge in [-0.3, -0.25) is 14.6 Å². The third-order valence-corrected chi connectivity index (χ3v) is 4.70. The fourth-order valence-electron chi connectivity index (χ4n) is 3.27. The molecule has 0 aromatic carbocycles. The lowest BCUT2D eigenvalue weighted by Gasteiger charge is -2.42. The van der Waals surface area contributed by atoms with Gasteiger partial charge in [0.1, 0.15) is 0 Å². The molecule has 20 heavy (non-hydrogen) atoms. The first-order chi connectivity index (χ1) is 9.63. The second-order valence-corrected chi connectivity index (χ2v) is 6.08. The third-order valence-electron chi connectivity index (χ3n) is 4.70. The zero-order chi connectivity index (χ0) is 14.5. The Morgan fingerprint density at radius 1 is 1.25 bits per heavy atom. The molecule has 5 nitrogen and oxygen atoms in total. The number of hydrogen-bond acceptors (Lipinski definition) is 4. The first-order valence-electron chi connectivity index (χ1n) is 7.89. The van der Waals surface area contributed by atoms with Crippen LogP contribution in [0.25, 0.3) is 0 Å². The average Bonchev–Trinajstić information content (AvgIpc) is 2.98. The summed E-state index contributed by atoms with van der Waals surface area (Å²) in [7, 11) is 1.75. The number of amides is 1. The van der Waals surface area contributed by atoms with Crippen molar-refractivity contribution in [2.45, 2.75) is 38.8 Å². The topological polar surface area (TPSA) is 36.0 Å². The molecular weight excluding hydrogens is 254 g/mol. The van der Waals surface area contributed by atoms with Crippen molar-refractivity contribution in [3.63, 3.8) is 0 Å². The molecule has 2 atom stereocenters. The maximum Gasteiger partial charge on any atom is 0.239 e. The van der Waals surface area contributed by atoms with E-state index in [0.29, 0.717) is 11.9 Å². The molecule has 0 unspecified atom stereocenters. The van der Waals surface area contributed by atoms with E-state index >= 15 is 0 Å². The molecule has 1 amide bonds. The number of carbonyl (C=O) groups is 1. The van der Waals surface area contributed by atoms with Crippen molar-refractivity contribution in [2.75, 3.05) is 53.0 Å². The molecule has 0 bridgehead atoms. The van der Waals surface area contributed by atoms with Crippen molar-refractivity contribution in [1.82, 2.24) is 14.7 Å². The molecule has 2 heterocycles. The molecule has 2 aliphatic rings. The van der Waals surface area contributed by atoms with E-state index in [1.165, 1.54) is 12.8 Å². The van der Waals surface area contributed by atoms with Crippen LogP contribution in [0.1, 0.15) is 26.7 Å². The molecule has 116 valence electrons. The highest BCUT2D eigenvalue weighted by molar-refractivity contribution is 5.81. The van der Waals surface area contributed by atoms with E-state index < -0.39 is 0 Å². The lowest BCUT2D eigenvalue weighted by Crippen LogP contribution is -2.57. The van der Waals surface area contributed by atoms with Crippen molar-refractivity contribution in [3.8, 4) is 0 Å². The van der Waals surface area contributed by atoms with Gasteiger partial charge in [0.25, 0.3) is 0 Å². The van der Waals surface area contributed by atoms with Crippen LogP contribution < -0.4 is 0 Å². The molecule has 0 saturated carbocycles. The number of carbonyl (C=O) groups excluding carboxylic acids is 1. The summed E-state index contributed by atoms with van der Waals surface area (Å²) in [6, 6.07) is 0.521. The zero-order valence-corrected chi connectivity index (χ0v) is 13.2. The van der Waals surface area contributed by atoms with Crippen LogP contribution in [0.5, 0.6) is 0 Å². The molecule has 0 aromatic heterocycles. The molecule has 0 spiro atoms. The highest BCUT2D eigenvalue weighted by Crippen LogP contribution is 2.16. The second kappa shape index (κ2) is 7.38. The van der Waals surface area contributed by atoms with E-state index in [1.807, 2.05) is 4.90 Å². The fraction of sp³-hybridized carbons (Fsp3) is 0.933. The summed E-state index contributed by atoms with van der Waals surface area (Å²) < 4.78 is 5.16. The first-order valence-corrected chi connectivity index (χ1v) is 7.89. The van der Waals surface area contributed by atoms with Crippen LogP contribution in [0.15, 0.2) is 0 Å². The first kappa shape index (κ1) is 15.7. The van der Waals surface area contributed by atoms with E-state index in [1.54, 1.807) is 7.11 Å². The normalized spacial score (nSPS) is 26.9. The largest absolute Gasteiger partial charge is 0.383 e. The molecule has 0 aromatic rings. The summed E-state index contributed by atoms with van der Waals surface area (Å²) in [6.45, 7) is 11.0. The number of hydrogen-bond donors (Lipinski definition) is 0. The van der Waals surface area contributed by atoms with Gasteiger partial charge in [-0.2, -0.15) is 0 Å². The standard InChI is InChI=1S/C15H29N3O2/c1-13-12-18(9-8-16(13)10-11-20-3)14(2)15(19)17-6-4-5-7-17/h13-14H,4-12H2,1-3H3/t13-,14-/m1/s1. The molecule has 2 fully saturated rings. The lowest BCUT2D eigenvalue weighted by molar-refractivity contribution is -0.136. The number of rotatable bonds is 5. The van der Waals surface area contributed by atoms with Crippen LogP contribution in [-0.2, 0) is 9.53 Å². The number of ether oxygens (including phenoxy) is 1. The molecule has 2 rings (SSSR count). The molecule has 5 heteroatoms. The van der Waals surface area contributed by atoms with E-state index in [2.05, 4.69) is 23.6 Å². The zero-order valence-electron chi connectivity index (χ0n) is 13.2. The maximum absolute atomic E-state index is 12.5. The highest BCUT2D eigenvalue weighted by Gasteiger charge is 2.32. The fourth-order valence-corrected chi connectivity index (χ4v) is 3.27. The Balaban J connectivity index is 1.83. The van der Waals surface area contributed by atoms with Crippen molar-refractivity contribution in [1.29, 1.82) is 0 Å². The van der Waals surface area contributed by atoms with Gasteiger partial charge in [-0.1, -0.05) is 0 Å². The number of methoxy groups -OCH3 is 1. The quantitative estimate of drug-likeness (QED) is 0.742. The van der Waals surface area contributed by atoms with Crippen molar-refractivity contribution in [2.24, 2.45) is 0 Å². The minimum atomic E-state index is 0.0279.